The van der Waals surface area contributed by atoms with Crippen molar-refractivity contribution in [1.29, 1.82) is 0 Å². The van der Waals surface area contributed by atoms with E-state index in [1.165, 1.54) is 38.5 Å². The normalized spacial score (nSPS) is 25.8. The molecule has 172 valence electrons. The zero-order valence-electron chi connectivity index (χ0n) is 17.1. The first-order valence-electron chi connectivity index (χ1n) is 9.62. The van der Waals surface area contributed by atoms with Crippen molar-refractivity contribution < 1.29 is 48.9 Å². The molecule has 0 spiro atoms. The zero-order valence-corrected chi connectivity index (χ0v) is 17.1. The Morgan fingerprint density at radius 1 is 1.03 bits per heavy atom. The molecule has 1 aliphatic rings. The van der Waals surface area contributed by atoms with Crippen molar-refractivity contribution in [3.63, 3.8) is 0 Å². The van der Waals surface area contributed by atoms with Gasteiger partial charge in [0.25, 0.3) is 0 Å². The number of fused-ring (bicyclic) bond motifs is 2. The fourth-order valence-electron chi connectivity index (χ4n) is 3.66. The van der Waals surface area contributed by atoms with Crippen LogP contribution in [0, 0.1) is 0 Å². The topological polar surface area (TPSA) is 168 Å². The molecule has 1 aliphatic heterocycles. The maximum Gasteiger partial charge on any atom is 0.229 e. The standard InChI is InChI=1S/C21H22O11/c1-28-12-6-10(23)14-15(24)9-5-8(3-4-11(9)31-20(14)19(12)29-2)30-21-18(27)17(26)16(25)13(7-22)32-21/h3-6,13,16-18,21-23,25-27H,7H2,1-2H3/t13-,16+,17-,18-,21+/m1/s1. The van der Waals surface area contributed by atoms with Crippen molar-refractivity contribution in [2.75, 3.05) is 20.8 Å². The summed E-state index contributed by atoms with van der Waals surface area (Å²) in [4.78, 5) is 13.1. The fraction of sp³-hybridized carbons (Fsp3) is 0.381. The maximum atomic E-state index is 13.1. The molecule has 1 aromatic heterocycles. The molecule has 5 atom stereocenters. The van der Waals surface area contributed by atoms with Gasteiger partial charge in [0.15, 0.2) is 11.3 Å². The summed E-state index contributed by atoms with van der Waals surface area (Å²) in [6.07, 6.45) is -7.32. The van der Waals surface area contributed by atoms with Crippen LogP contribution in [0.2, 0.25) is 0 Å². The number of phenols is 1. The Morgan fingerprint density at radius 2 is 1.78 bits per heavy atom. The van der Waals surface area contributed by atoms with E-state index in [9.17, 15) is 30.3 Å². The second-order valence-electron chi connectivity index (χ2n) is 7.24. The van der Waals surface area contributed by atoms with Gasteiger partial charge in [-0.25, -0.2) is 0 Å². The fourth-order valence-corrected chi connectivity index (χ4v) is 3.66. The van der Waals surface area contributed by atoms with Crippen molar-refractivity contribution in [2.24, 2.45) is 0 Å². The number of hydrogen-bond acceptors (Lipinski definition) is 11. The number of hydrogen-bond donors (Lipinski definition) is 5. The van der Waals surface area contributed by atoms with Crippen molar-refractivity contribution in [3.8, 4) is 23.0 Å². The van der Waals surface area contributed by atoms with E-state index in [0.717, 1.165) is 0 Å². The largest absolute Gasteiger partial charge is 0.507 e. The molecule has 32 heavy (non-hydrogen) atoms. The van der Waals surface area contributed by atoms with Crippen LogP contribution < -0.4 is 19.6 Å². The van der Waals surface area contributed by atoms with Gasteiger partial charge in [-0.1, -0.05) is 0 Å². The van der Waals surface area contributed by atoms with Crippen LogP contribution in [-0.2, 0) is 4.74 Å². The van der Waals surface area contributed by atoms with Gasteiger partial charge in [-0.15, -0.1) is 0 Å². The number of aromatic hydroxyl groups is 1. The smallest absolute Gasteiger partial charge is 0.229 e. The van der Waals surface area contributed by atoms with Crippen LogP contribution in [0.3, 0.4) is 0 Å². The van der Waals surface area contributed by atoms with Crippen LogP contribution in [0.25, 0.3) is 21.9 Å². The molecule has 2 aromatic carbocycles. The third-order valence-corrected chi connectivity index (χ3v) is 5.34. The molecule has 11 nitrogen and oxygen atoms in total. The predicted octanol–water partition coefficient (Wildman–Crippen LogP) is -0.152. The van der Waals surface area contributed by atoms with Crippen LogP contribution >= 0.6 is 0 Å². The first-order chi connectivity index (χ1) is 15.3. The highest BCUT2D eigenvalue weighted by molar-refractivity contribution is 5.97. The van der Waals surface area contributed by atoms with Gasteiger partial charge < -0.3 is 48.9 Å². The monoisotopic (exact) mass is 450 g/mol. The lowest BCUT2D eigenvalue weighted by molar-refractivity contribution is -0.277. The van der Waals surface area contributed by atoms with Gasteiger partial charge in [-0.3, -0.25) is 4.79 Å². The summed E-state index contributed by atoms with van der Waals surface area (Å²) in [7, 11) is 2.75. The maximum absolute atomic E-state index is 13.1. The molecular formula is C21H22O11. The molecule has 0 saturated carbocycles. The molecule has 0 amide bonds. The van der Waals surface area contributed by atoms with E-state index in [-0.39, 0.29) is 44.9 Å². The SMILES string of the molecule is COc1cc(O)c2c(=O)c3cc(O[C@H]4O[C@H](CO)[C@H](O)[C@@H](O)[C@H]4O)ccc3oc2c1OC. The molecule has 3 aromatic rings. The minimum atomic E-state index is -1.61. The average Bonchev–Trinajstić information content (AvgIpc) is 2.79. The summed E-state index contributed by atoms with van der Waals surface area (Å²) in [5, 5.41) is 49.6. The number of methoxy groups -OCH3 is 2. The summed E-state index contributed by atoms with van der Waals surface area (Å²) in [6, 6.07) is 5.42. The Balaban J connectivity index is 1.78. The summed E-state index contributed by atoms with van der Waals surface area (Å²) < 4.78 is 27.1. The molecule has 1 fully saturated rings. The molecule has 0 bridgehead atoms. The van der Waals surface area contributed by atoms with Gasteiger partial charge >= 0.3 is 0 Å². The number of aliphatic hydroxyl groups is 4. The second-order valence-corrected chi connectivity index (χ2v) is 7.24. The van der Waals surface area contributed by atoms with Crippen LogP contribution in [0.15, 0.2) is 33.5 Å². The van der Waals surface area contributed by atoms with Crippen molar-refractivity contribution in [1.82, 2.24) is 0 Å². The number of ether oxygens (including phenoxy) is 4. The highest BCUT2D eigenvalue weighted by Gasteiger charge is 2.44. The van der Waals surface area contributed by atoms with Crippen LogP contribution in [0.1, 0.15) is 0 Å². The van der Waals surface area contributed by atoms with Gasteiger partial charge in [0.2, 0.25) is 17.5 Å². The van der Waals surface area contributed by atoms with Gasteiger partial charge in [0, 0.05) is 6.07 Å². The van der Waals surface area contributed by atoms with Crippen LogP contribution in [-0.4, -0.2) is 77.1 Å². The summed E-state index contributed by atoms with van der Waals surface area (Å²) in [5.74, 6) is 0.0329. The number of aliphatic hydroxyl groups excluding tert-OH is 4. The minimum Gasteiger partial charge on any atom is -0.507 e. The number of rotatable bonds is 5. The van der Waals surface area contributed by atoms with Crippen LogP contribution in [0.4, 0.5) is 0 Å². The minimum absolute atomic E-state index is 0.00412. The van der Waals surface area contributed by atoms with E-state index in [1.807, 2.05) is 0 Å². The molecule has 0 unspecified atom stereocenters. The Bertz CT molecular complexity index is 1200. The summed E-state index contributed by atoms with van der Waals surface area (Å²) >= 11 is 0. The van der Waals surface area contributed by atoms with Crippen molar-refractivity contribution in [3.05, 3.63) is 34.5 Å². The van der Waals surface area contributed by atoms with Crippen molar-refractivity contribution >= 4 is 21.9 Å². The molecule has 4 rings (SSSR count). The first-order valence-corrected chi connectivity index (χ1v) is 9.62. The third-order valence-electron chi connectivity index (χ3n) is 5.34. The molecule has 2 heterocycles. The quantitative estimate of drug-likeness (QED) is 0.328. The third kappa shape index (κ3) is 3.49. The lowest BCUT2D eigenvalue weighted by Crippen LogP contribution is -2.60. The van der Waals surface area contributed by atoms with Gasteiger partial charge in [-0.2, -0.15) is 0 Å². The second kappa shape index (κ2) is 8.45. The van der Waals surface area contributed by atoms with E-state index in [0.29, 0.717) is 0 Å². The lowest BCUT2D eigenvalue weighted by atomic mass is 9.99. The molecule has 11 heteroatoms. The molecule has 0 aliphatic carbocycles. The summed E-state index contributed by atoms with van der Waals surface area (Å²) in [5.41, 5.74) is -0.405. The van der Waals surface area contributed by atoms with Gasteiger partial charge in [0.1, 0.15) is 46.9 Å². The molecule has 1 saturated heterocycles. The lowest BCUT2D eigenvalue weighted by Gasteiger charge is -2.39. The first kappa shape index (κ1) is 22.1. The van der Waals surface area contributed by atoms with E-state index >= 15 is 0 Å². The van der Waals surface area contributed by atoms with E-state index < -0.39 is 42.7 Å². The van der Waals surface area contributed by atoms with E-state index in [4.69, 9.17) is 23.4 Å². The molecule has 5 N–H and O–H groups in total. The Labute approximate surface area is 180 Å². The number of benzene rings is 2. The van der Waals surface area contributed by atoms with Crippen molar-refractivity contribution in [2.45, 2.75) is 30.7 Å². The molecular weight excluding hydrogens is 428 g/mol. The Morgan fingerprint density at radius 3 is 2.44 bits per heavy atom. The predicted molar refractivity (Wildman–Crippen MR) is 109 cm³/mol. The average molecular weight is 450 g/mol. The molecule has 0 radical (unpaired) electrons. The number of phenolic OH excluding ortho intramolecular Hbond substituents is 1. The Kier molecular flexibility index (Phi) is 5.84. The highest BCUT2D eigenvalue weighted by atomic mass is 16.7. The summed E-state index contributed by atoms with van der Waals surface area (Å²) in [6.45, 7) is -0.608. The Hall–Kier alpha value is -3.09. The van der Waals surface area contributed by atoms with Gasteiger partial charge in [0.05, 0.1) is 26.2 Å². The van der Waals surface area contributed by atoms with Gasteiger partial charge in [-0.05, 0) is 18.2 Å². The zero-order chi connectivity index (χ0) is 23.2. The van der Waals surface area contributed by atoms with Crippen LogP contribution in [0.5, 0.6) is 23.0 Å². The highest BCUT2D eigenvalue weighted by Crippen LogP contribution is 2.41. The van der Waals surface area contributed by atoms with E-state index in [2.05, 4.69) is 0 Å². The van der Waals surface area contributed by atoms with E-state index in [1.54, 1.807) is 0 Å².